The van der Waals surface area contributed by atoms with Gasteiger partial charge in [-0.25, -0.2) is 0 Å². The van der Waals surface area contributed by atoms with E-state index in [9.17, 15) is 10.0 Å². The van der Waals surface area contributed by atoms with Crippen LogP contribution in [0.2, 0.25) is 0 Å². The van der Waals surface area contributed by atoms with Crippen molar-refractivity contribution >= 4 is 23.5 Å². The molecule has 1 N–H and O–H groups in total. The van der Waals surface area contributed by atoms with Crippen LogP contribution >= 0.6 is 0 Å². The minimum atomic E-state index is -0.217. The minimum Gasteiger partial charge on any atom is -0.618 e. The van der Waals surface area contributed by atoms with E-state index < -0.39 is 0 Å². The molecule has 4 nitrogen and oxygen atoms in total. The van der Waals surface area contributed by atoms with Crippen LogP contribution in [0.25, 0.3) is 11.1 Å². The Hall–Kier alpha value is -4.18. The third-order valence-corrected chi connectivity index (χ3v) is 4.70. The zero-order valence-electron chi connectivity index (χ0n) is 16.2. The predicted octanol–water partition coefficient (Wildman–Crippen LogP) is 5.87. The lowest BCUT2D eigenvalue weighted by molar-refractivity contribution is -0.354. The van der Waals surface area contributed by atoms with Gasteiger partial charge >= 0.3 is 0 Å². The number of hydrogen-bond acceptors (Lipinski definition) is 2. The van der Waals surface area contributed by atoms with Crippen LogP contribution in [0.4, 0.5) is 11.4 Å². The van der Waals surface area contributed by atoms with Gasteiger partial charge in [0, 0.05) is 28.9 Å². The summed E-state index contributed by atoms with van der Waals surface area (Å²) in [5.41, 5.74) is 4.70. The summed E-state index contributed by atoms with van der Waals surface area (Å²) >= 11 is 0. The SMILES string of the molecule is O=C(Nc1ccccc1)c1ccc([N+]([O-])=Cc2ccc(-c3ccccc3)cc2)cc1. The molecule has 4 aromatic carbocycles. The molecule has 1 amide bonds. The lowest BCUT2D eigenvalue weighted by atomic mass is 10.0. The number of rotatable bonds is 5. The Morgan fingerprint density at radius 2 is 1.27 bits per heavy atom. The lowest BCUT2D eigenvalue weighted by Crippen LogP contribution is -2.11. The highest BCUT2D eigenvalue weighted by molar-refractivity contribution is 6.04. The quantitative estimate of drug-likeness (QED) is 0.200. The molecule has 4 rings (SSSR count). The topological polar surface area (TPSA) is 55.2 Å². The van der Waals surface area contributed by atoms with Crippen molar-refractivity contribution in [2.24, 2.45) is 0 Å². The summed E-state index contributed by atoms with van der Waals surface area (Å²) in [7, 11) is 0. The van der Waals surface area contributed by atoms with Gasteiger partial charge in [-0.15, -0.1) is 0 Å². The summed E-state index contributed by atoms with van der Waals surface area (Å²) in [4.78, 5) is 12.3. The number of benzene rings is 4. The minimum absolute atomic E-state index is 0.217. The van der Waals surface area contributed by atoms with Crippen molar-refractivity contribution in [2.75, 3.05) is 5.32 Å². The summed E-state index contributed by atoms with van der Waals surface area (Å²) in [6, 6.07) is 33.7. The first-order chi connectivity index (χ1) is 14.7. The number of anilines is 1. The van der Waals surface area contributed by atoms with E-state index in [2.05, 4.69) is 5.32 Å². The van der Waals surface area contributed by atoms with Crippen molar-refractivity contribution < 1.29 is 9.53 Å². The maximum Gasteiger partial charge on any atom is 0.255 e. The molecule has 0 bridgehead atoms. The van der Waals surface area contributed by atoms with E-state index >= 15 is 0 Å². The summed E-state index contributed by atoms with van der Waals surface area (Å²) < 4.78 is 0.802. The van der Waals surface area contributed by atoms with Crippen LogP contribution in [-0.2, 0) is 0 Å². The van der Waals surface area contributed by atoms with Gasteiger partial charge in [0.25, 0.3) is 5.91 Å². The Balaban J connectivity index is 1.46. The molecule has 0 aliphatic heterocycles. The number of nitrogens with zero attached hydrogens (tertiary/aromatic N) is 1. The molecular weight excluding hydrogens is 372 g/mol. The molecule has 0 unspecified atom stereocenters. The van der Waals surface area contributed by atoms with Gasteiger partial charge in [-0.05, 0) is 47.5 Å². The molecule has 0 saturated heterocycles. The zero-order chi connectivity index (χ0) is 20.8. The summed E-state index contributed by atoms with van der Waals surface area (Å²) in [6.45, 7) is 0. The molecule has 30 heavy (non-hydrogen) atoms. The second kappa shape index (κ2) is 8.88. The second-order valence-electron chi connectivity index (χ2n) is 6.81. The monoisotopic (exact) mass is 392 g/mol. The molecule has 0 aromatic heterocycles. The summed E-state index contributed by atoms with van der Waals surface area (Å²) in [5, 5.41) is 15.3. The van der Waals surface area contributed by atoms with Gasteiger partial charge in [-0.1, -0.05) is 60.7 Å². The molecule has 0 atom stereocenters. The highest BCUT2D eigenvalue weighted by Crippen LogP contribution is 2.19. The van der Waals surface area contributed by atoms with E-state index in [0.29, 0.717) is 11.3 Å². The summed E-state index contributed by atoms with van der Waals surface area (Å²) in [6.07, 6.45) is 1.52. The standard InChI is InChI=1S/C26H20N2O2/c29-26(27-24-9-5-2-6-10-24)23-15-17-25(18-16-23)28(30)19-20-11-13-22(14-12-20)21-7-3-1-4-8-21/h1-19H,(H,27,29). The van der Waals surface area contributed by atoms with E-state index in [-0.39, 0.29) is 5.91 Å². The number of nitrogens with one attached hydrogen (secondary N) is 1. The first-order valence-electron chi connectivity index (χ1n) is 9.62. The first-order valence-corrected chi connectivity index (χ1v) is 9.62. The van der Waals surface area contributed by atoms with Gasteiger partial charge in [-0.3, -0.25) is 4.79 Å². The predicted molar refractivity (Wildman–Crippen MR) is 121 cm³/mol. The van der Waals surface area contributed by atoms with E-state index in [1.807, 2.05) is 84.9 Å². The van der Waals surface area contributed by atoms with E-state index in [4.69, 9.17) is 0 Å². The van der Waals surface area contributed by atoms with Crippen molar-refractivity contribution in [3.63, 3.8) is 0 Å². The highest BCUT2D eigenvalue weighted by atomic mass is 16.5. The second-order valence-corrected chi connectivity index (χ2v) is 6.81. The molecule has 0 aliphatic carbocycles. The van der Waals surface area contributed by atoms with Gasteiger partial charge in [0.1, 0.15) is 0 Å². The van der Waals surface area contributed by atoms with Gasteiger partial charge in [0.2, 0.25) is 5.69 Å². The number of carbonyl (C=O) groups excluding carboxylic acids is 1. The van der Waals surface area contributed by atoms with Crippen molar-refractivity contribution in [1.82, 2.24) is 0 Å². The fourth-order valence-corrected chi connectivity index (χ4v) is 3.09. The van der Waals surface area contributed by atoms with Gasteiger partial charge in [0.05, 0.1) is 0 Å². The molecule has 0 spiro atoms. The van der Waals surface area contributed by atoms with Crippen LogP contribution in [0, 0.1) is 5.21 Å². The Morgan fingerprint density at radius 3 is 1.90 bits per heavy atom. The Labute approximate surface area is 175 Å². The molecule has 0 saturated carbocycles. The van der Waals surface area contributed by atoms with Crippen molar-refractivity contribution in [3.05, 3.63) is 126 Å². The molecule has 4 aromatic rings. The average molecular weight is 392 g/mol. The highest BCUT2D eigenvalue weighted by Gasteiger charge is 2.08. The largest absolute Gasteiger partial charge is 0.618 e. The number of hydrogen-bond donors (Lipinski definition) is 1. The van der Waals surface area contributed by atoms with Crippen molar-refractivity contribution in [1.29, 1.82) is 0 Å². The normalized spacial score (nSPS) is 11.1. The molecule has 0 fully saturated rings. The van der Waals surface area contributed by atoms with Crippen LogP contribution in [0.15, 0.2) is 109 Å². The van der Waals surface area contributed by atoms with E-state index in [1.165, 1.54) is 6.21 Å². The van der Waals surface area contributed by atoms with E-state index in [0.717, 1.165) is 27.1 Å². The molecular formula is C26H20N2O2. The van der Waals surface area contributed by atoms with Crippen LogP contribution in [-0.4, -0.2) is 16.9 Å². The Kier molecular flexibility index (Phi) is 5.67. The average Bonchev–Trinajstić information content (AvgIpc) is 2.81. The summed E-state index contributed by atoms with van der Waals surface area (Å²) in [5.74, 6) is -0.217. The number of amides is 1. The number of carbonyl (C=O) groups is 1. The first kappa shape index (κ1) is 19.2. The van der Waals surface area contributed by atoms with Crippen LogP contribution in [0.3, 0.4) is 0 Å². The van der Waals surface area contributed by atoms with Crippen molar-refractivity contribution in [3.8, 4) is 11.1 Å². The fraction of sp³-hybridized carbons (Fsp3) is 0. The molecule has 0 aliphatic rings. The number of para-hydroxylation sites is 1. The third-order valence-electron chi connectivity index (χ3n) is 4.70. The molecule has 4 heteroatoms. The smallest absolute Gasteiger partial charge is 0.255 e. The van der Waals surface area contributed by atoms with Crippen LogP contribution in [0.5, 0.6) is 0 Å². The molecule has 146 valence electrons. The third kappa shape index (κ3) is 4.62. The lowest BCUT2D eigenvalue weighted by Gasteiger charge is -2.07. The maximum absolute atomic E-state index is 12.5. The zero-order valence-corrected chi connectivity index (χ0v) is 16.2. The van der Waals surface area contributed by atoms with Gasteiger partial charge in [0.15, 0.2) is 6.21 Å². The Bertz CT molecular complexity index is 1150. The van der Waals surface area contributed by atoms with Crippen LogP contribution in [0.1, 0.15) is 15.9 Å². The maximum atomic E-state index is 12.5. The van der Waals surface area contributed by atoms with Gasteiger partial charge < -0.3 is 10.5 Å². The van der Waals surface area contributed by atoms with Crippen molar-refractivity contribution in [2.45, 2.75) is 0 Å². The molecule has 0 radical (unpaired) electrons. The Morgan fingerprint density at radius 1 is 0.700 bits per heavy atom. The van der Waals surface area contributed by atoms with E-state index in [1.54, 1.807) is 24.3 Å². The van der Waals surface area contributed by atoms with Gasteiger partial charge in [-0.2, -0.15) is 4.74 Å². The van der Waals surface area contributed by atoms with Crippen LogP contribution < -0.4 is 5.32 Å². The fourth-order valence-electron chi connectivity index (χ4n) is 3.09. The molecule has 0 heterocycles.